The largest absolute Gasteiger partial charge is 0.489 e. The average Bonchev–Trinajstić information content (AvgIpc) is 2.46. The van der Waals surface area contributed by atoms with Crippen molar-refractivity contribution in [2.45, 2.75) is 19.1 Å². The van der Waals surface area contributed by atoms with E-state index in [0.717, 1.165) is 16.9 Å². The maximum absolute atomic E-state index is 10.8. The lowest BCUT2D eigenvalue weighted by atomic mass is 10.0. The Labute approximate surface area is 118 Å². The molecule has 0 fully saturated rings. The van der Waals surface area contributed by atoms with E-state index in [0.29, 0.717) is 6.61 Å². The van der Waals surface area contributed by atoms with E-state index >= 15 is 0 Å². The molecule has 104 valence electrons. The van der Waals surface area contributed by atoms with Crippen LogP contribution in [0.15, 0.2) is 54.6 Å². The SMILES string of the molecule is NC(=O)C[C@@H](N)c1ccc(OCc2ccccc2)cc1. The number of nitrogens with two attached hydrogens (primary N) is 2. The van der Waals surface area contributed by atoms with Crippen molar-refractivity contribution in [3.63, 3.8) is 0 Å². The minimum Gasteiger partial charge on any atom is -0.489 e. The molecule has 2 aromatic carbocycles. The molecule has 0 aromatic heterocycles. The molecule has 0 saturated carbocycles. The van der Waals surface area contributed by atoms with Crippen molar-refractivity contribution in [3.05, 3.63) is 65.7 Å². The molecule has 4 N–H and O–H groups in total. The molecule has 0 saturated heterocycles. The predicted molar refractivity (Wildman–Crippen MR) is 78.0 cm³/mol. The molecule has 0 aliphatic rings. The van der Waals surface area contributed by atoms with Crippen LogP contribution in [-0.4, -0.2) is 5.91 Å². The zero-order valence-corrected chi connectivity index (χ0v) is 11.2. The summed E-state index contributed by atoms with van der Waals surface area (Å²) in [5.74, 6) is 0.366. The van der Waals surface area contributed by atoms with E-state index in [4.69, 9.17) is 16.2 Å². The third-order valence-corrected chi connectivity index (χ3v) is 2.98. The Kier molecular flexibility index (Phi) is 4.74. The maximum atomic E-state index is 10.8. The summed E-state index contributed by atoms with van der Waals surface area (Å²) in [6.07, 6.45) is 0.143. The lowest BCUT2D eigenvalue weighted by molar-refractivity contribution is -0.118. The molecule has 1 atom stereocenters. The first-order valence-corrected chi connectivity index (χ1v) is 6.46. The molecule has 0 spiro atoms. The standard InChI is InChI=1S/C16H18N2O2/c17-15(10-16(18)19)13-6-8-14(9-7-13)20-11-12-4-2-1-3-5-12/h1-9,15H,10-11,17H2,(H2,18,19)/t15-/m1/s1. The van der Waals surface area contributed by atoms with Gasteiger partial charge in [-0.15, -0.1) is 0 Å². The number of carbonyl (C=O) groups is 1. The fourth-order valence-electron chi connectivity index (χ4n) is 1.89. The van der Waals surface area contributed by atoms with Crippen molar-refractivity contribution in [2.24, 2.45) is 11.5 Å². The summed E-state index contributed by atoms with van der Waals surface area (Å²) < 4.78 is 5.68. The van der Waals surface area contributed by atoms with Crippen LogP contribution in [0, 0.1) is 0 Å². The first-order valence-electron chi connectivity index (χ1n) is 6.46. The third kappa shape index (κ3) is 4.10. The number of hydrogen-bond acceptors (Lipinski definition) is 3. The van der Waals surface area contributed by atoms with Crippen LogP contribution < -0.4 is 16.2 Å². The van der Waals surface area contributed by atoms with Gasteiger partial charge in [0.05, 0.1) is 0 Å². The van der Waals surface area contributed by atoms with Gasteiger partial charge in [-0.1, -0.05) is 42.5 Å². The average molecular weight is 270 g/mol. The molecule has 0 heterocycles. The van der Waals surface area contributed by atoms with Crippen LogP contribution in [0.1, 0.15) is 23.6 Å². The Morgan fingerprint density at radius 3 is 2.30 bits per heavy atom. The summed E-state index contributed by atoms with van der Waals surface area (Å²) in [7, 11) is 0. The Balaban J connectivity index is 1.93. The molecular formula is C16H18N2O2. The zero-order valence-electron chi connectivity index (χ0n) is 11.2. The predicted octanol–water partition coefficient (Wildman–Crippen LogP) is 2.14. The van der Waals surface area contributed by atoms with Crippen LogP contribution in [0.2, 0.25) is 0 Å². The highest BCUT2D eigenvalue weighted by molar-refractivity contribution is 5.74. The smallest absolute Gasteiger partial charge is 0.219 e. The zero-order chi connectivity index (χ0) is 14.4. The lowest BCUT2D eigenvalue weighted by Gasteiger charge is -2.11. The Hall–Kier alpha value is -2.33. The minimum absolute atomic E-state index is 0.143. The van der Waals surface area contributed by atoms with Crippen LogP contribution in [0.5, 0.6) is 5.75 Å². The Morgan fingerprint density at radius 1 is 1.05 bits per heavy atom. The first kappa shape index (κ1) is 14.1. The van der Waals surface area contributed by atoms with Crippen molar-refractivity contribution >= 4 is 5.91 Å². The normalized spacial score (nSPS) is 11.8. The van der Waals surface area contributed by atoms with Crippen LogP contribution in [-0.2, 0) is 11.4 Å². The quantitative estimate of drug-likeness (QED) is 0.844. The molecule has 0 aliphatic carbocycles. The van der Waals surface area contributed by atoms with E-state index in [1.54, 1.807) is 0 Å². The van der Waals surface area contributed by atoms with Gasteiger partial charge in [0.2, 0.25) is 5.91 Å². The molecular weight excluding hydrogens is 252 g/mol. The fourth-order valence-corrected chi connectivity index (χ4v) is 1.89. The minimum atomic E-state index is -0.401. The molecule has 1 amide bonds. The molecule has 0 unspecified atom stereocenters. The highest BCUT2D eigenvalue weighted by atomic mass is 16.5. The third-order valence-electron chi connectivity index (χ3n) is 2.98. The molecule has 20 heavy (non-hydrogen) atoms. The second kappa shape index (κ2) is 6.73. The van der Waals surface area contributed by atoms with Gasteiger partial charge in [0.15, 0.2) is 0 Å². The van der Waals surface area contributed by atoms with Crippen LogP contribution >= 0.6 is 0 Å². The number of carbonyl (C=O) groups excluding carboxylic acids is 1. The summed E-state index contributed by atoms with van der Waals surface area (Å²) in [6, 6.07) is 17.0. The van der Waals surface area contributed by atoms with E-state index in [-0.39, 0.29) is 12.5 Å². The van der Waals surface area contributed by atoms with Crippen LogP contribution in [0.4, 0.5) is 0 Å². The number of hydrogen-bond donors (Lipinski definition) is 2. The highest BCUT2D eigenvalue weighted by Gasteiger charge is 2.09. The number of primary amides is 1. The fraction of sp³-hybridized carbons (Fsp3) is 0.188. The summed E-state index contributed by atoms with van der Waals surface area (Å²) >= 11 is 0. The van der Waals surface area contributed by atoms with Crippen molar-refractivity contribution < 1.29 is 9.53 Å². The van der Waals surface area contributed by atoms with Crippen molar-refractivity contribution in [2.75, 3.05) is 0 Å². The van der Waals surface area contributed by atoms with Gasteiger partial charge < -0.3 is 16.2 Å². The van der Waals surface area contributed by atoms with Gasteiger partial charge in [0, 0.05) is 12.5 Å². The van der Waals surface area contributed by atoms with Gasteiger partial charge in [0.25, 0.3) is 0 Å². The summed E-state index contributed by atoms with van der Waals surface area (Å²) in [6.45, 7) is 0.521. The van der Waals surface area contributed by atoms with E-state index in [1.807, 2.05) is 54.6 Å². The van der Waals surface area contributed by atoms with Gasteiger partial charge in [-0.2, -0.15) is 0 Å². The Morgan fingerprint density at radius 2 is 1.70 bits per heavy atom. The van der Waals surface area contributed by atoms with Crippen molar-refractivity contribution in [1.82, 2.24) is 0 Å². The highest BCUT2D eigenvalue weighted by Crippen LogP contribution is 2.19. The summed E-state index contributed by atoms with van der Waals surface area (Å²) in [5.41, 5.74) is 13.0. The summed E-state index contributed by atoms with van der Waals surface area (Å²) in [4.78, 5) is 10.8. The molecule has 2 rings (SSSR count). The molecule has 2 aromatic rings. The van der Waals surface area contributed by atoms with Gasteiger partial charge in [-0.25, -0.2) is 0 Å². The molecule has 0 bridgehead atoms. The molecule has 0 radical (unpaired) electrons. The number of benzene rings is 2. The summed E-state index contributed by atoms with van der Waals surface area (Å²) in [5, 5.41) is 0. The van der Waals surface area contributed by atoms with Gasteiger partial charge in [0.1, 0.15) is 12.4 Å². The van der Waals surface area contributed by atoms with Gasteiger partial charge in [-0.05, 0) is 23.3 Å². The van der Waals surface area contributed by atoms with Gasteiger partial charge >= 0.3 is 0 Å². The number of rotatable bonds is 6. The lowest BCUT2D eigenvalue weighted by Crippen LogP contribution is -2.20. The van der Waals surface area contributed by atoms with E-state index in [2.05, 4.69) is 0 Å². The van der Waals surface area contributed by atoms with E-state index < -0.39 is 5.91 Å². The van der Waals surface area contributed by atoms with Crippen LogP contribution in [0.3, 0.4) is 0 Å². The first-order chi connectivity index (χ1) is 9.65. The van der Waals surface area contributed by atoms with Crippen molar-refractivity contribution in [3.8, 4) is 5.75 Å². The second-order valence-corrected chi connectivity index (χ2v) is 4.62. The topological polar surface area (TPSA) is 78.3 Å². The van der Waals surface area contributed by atoms with Gasteiger partial charge in [-0.3, -0.25) is 4.79 Å². The Bertz CT molecular complexity index is 552. The monoisotopic (exact) mass is 270 g/mol. The molecule has 0 aliphatic heterocycles. The maximum Gasteiger partial charge on any atom is 0.219 e. The van der Waals surface area contributed by atoms with Crippen LogP contribution in [0.25, 0.3) is 0 Å². The second-order valence-electron chi connectivity index (χ2n) is 4.62. The van der Waals surface area contributed by atoms with E-state index in [1.165, 1.54) is 0 Å². The molecule has 4 nitrogen and oxygen atoms in total. The number of ether oxygens (including phenoxy) is 1. The molecule has 4 heteroatoms. The number of amides is 1. The van der Waals surface area contributed by atoms with Crippen molar-refractivity contribution in [1.29, 1.82) is 0 Å². The van der Waals surface area contributed by atoms with E-state index in [9.17, 15) is 4.79 Å².